The first kappa shape index (κ1) is 16.9. The molecule has 0 saturated carbocycles. The normalized spacial score (nSPS) is 11.2. The number of alkyl halides is 3. The van der Waals surface area contributed by atoms with E-state index in [1.807, 2.05) is 28.7 Å². The molecule has 3 nitrogen and oxygen atoms in total. The fraction of sp³-hybridized carbons (Fsp3) is 0.0476. The lowest BCUT2D eigenvalue weighted by Crippen LogP contribution is -2.04. The molecule has 0 fully saturated rings. The molecule has 0 saturated heterocycles. The number of halogens is 3. The van der Waals surface area contributed by atoms with E-state index in [4.69, 9.17) is 0 Å². The smallest absolute Gasteiger partial charge is 0.298 e. The van der Waals surface area contributed by atoms with E-state index in [1.54, 1.807) is 24.5 Å². The fourth-order valence-corrected chi connectivity index (χ4v) is 2.70. The van der Waals surface area contributed by atoms with Crippen molar-refractivity contribution in [2.75, 3.05) is 0 Å². The number of benzene rings is 1. The summed E-state index contributed by atoms with van der Waals surface area (Å²) in [6.07, 6.45) is -0.906. The lowest BCUT2D eigenvalue weighted by Gasteiger charge is -2.07. The highest BCUT2D eigenvalue weighted by Crippen LogP contribution is 2.31. The van der Waals surface area contributed by atoms with Gasteiger partial charge in [-0.1, -0.05) is 24.3 Å². The number of fused-ring (bicyclic) bond motifs is 1. The van der Waals surface area contributed by atoms with Crippen LogP contribution in [0.3, 0.4) is 0 Å². The van der Waals surface area contributed by atoms with Crippen LogP contribution in [0.4, 0.5) is 13.2 Å². The highest BCUT2D eigenvalue weighted by atomic mass is 19.4. The highest BCUT2D eigenvalue weighted by molar-refractivity contribution is 5.69. The Morgan fingerprint density at radius 3 is 2.33 bits per heavy atom. The van der Waals surface area contributed by atoms with Crippen LogP contribution < -0.4 is 0 Å². The second-order valence-electron chi connectivity index (χ2n) is 5.78. The molecule has 3 aromatic heterocycles. The second-order valence-corrected chi connectivity index (χ2v) is 5.78. The Kier molecular flexibility index (Phi) is 4.13. The molecule has 0 amide bonds. The van der Waals surface area contributed by atoms with Gasteiger partial charge < -0.3 is 0 Å². The van der Waals surface area contributed by atoms with E-state index in [-0.39, 0.29) is 0 Å². The van der Waals surface area contributed by atoms with Gasteiger partial charge in [0, 0.05) is 18.0 Å². The maximum atomic E-state index is 12.8. The quantitative estimate of drug-likeness (QED) is 0.454. The molecule has 132 valence electrons. The van der Waals surface area contributed by atoms with E-state index >= 15 is 0 Å². The standard InChI is InChI=1S/C21H12F3N3/c22-21(23,24)16-9-7-15(8-10-16)20-26-18(19-6-2-4-14-27(19)20)12-11-17-5-1-3-13-25-17/h1-10,13-14H. The van der Waals surface area contributed by atoms with E-state index in [1.165, 1.54) is 12.1 Å². The van der Waals surface area contributed by atoms with E-state index < -0.39 is 11.7 Å². The monoisotopic (exact) mass is 363 g/mol. The molecular weight excluding hydrogens is 351 g/mol. The topological polar surface area (TPSA) is 30.2 Å². The lowest BCUT2D eigenvalue weighted by atomic mass is 10.1. The zero-order valence-electron chi connectivity index (χ0n) is 13.9. The van der Waals surface area contributed by atoms with Crippen molar-refractivity contribution in [3.63, 3.8) is 0 Å². The van der Waals surface area contributed by atoms with Gasteiger partial charge in [0.2, 0.25) is 0 Å². The van der Waals surface area contributed by atoms with Crippen molar-refractivity contribution in [3.8, 4) is 23.2 Å². The van der Waals surface area contributed by atoms with Crippen molar-refractivity contribution in [2.45, 2.75) is 6.18 Å². The van der Waals surface area contributed by atoms with Crippen LogP contribution in [0, 0.1) is 11.8 Å². The Bertz CT molecular complexity index is 1150. The Labute approximate surface area is 153 Å². The van der Waals surface area contributed by atoms with Gasteiger partial charge in [0.1, 0.15) is 17.2 Å². The summed E-state index contributed by atoms with van der Waals surface area (Å²) in [4.78, 5) is 8.70. The first-order valence-corrected chi connectivity index (χ1v) is 8.10. The summed E-state index contributed by atoms with van der Waals surface area (Å²) in [7, 11) is 0. The molecule has 6 heteroatoms. The number of nitrogens with zero attached hydrogens (tertiary/aromatic N) is 3. The molecule has 0 aliphatic rings. The van der Waals surface area contributed by atoms with Gasteiger partial charge in [-0.3, -0.25) is 4.40 Å². The van der Waals surface area contributed by atoms with E-state index in [0.29, 0.717) is 22.8 Å². The second kappa shape index (κ2) is 6.61. The van der Waals surface area contributed by atoms with Crippen molar-refractivity contribution < 1.29 is 13.2 Å². The summed E-state index contributed by atoms with van der Waals surface area (Å²) >= 11 is 0. The van der Waals surface area contributed by atoms with Crippen LogP contribution in [-0.4, -0.2) is 14.4 Å². The average Bonchev–Trinajstić information content (AvgIpc) is 3.05. The number of aromatic nitrogens is 3. The number of rotatable bonds is 1. The Morgan fingerprint density at radius 1 is 0.852 bits per heavy atom. The predicted octanol–water partition coefficient (Wildman–Crippen LogP) is 4.81. The minimum absolute atomic E-state index is 0.532. The first-order chi connectivity index (χ1) is 13.0. The van der Waals surface area contributed by atoms with Crippen LogP contribution in [0.1, 0.15) is 17.0 Å². The molecule has 0 spiro atoms. The maximum Gasteiger partial charge on any atom is 0.416 e. The van der Waals surface area contributed by atoms with Crippen LogP contribution in [0.5, 0.6) is 0 Å². The third kappa shape index (κ3) is 3.40. The van der Waals surface area contributed by atoms with Crippen molar-refractivity contribution in [1.82, 2.24) is 14.4 Å². The van der Waals surface area contributed by atoms with E-state index in [2.05, 4.69) is 21.8 Å². The number of imidazole rings is 1. The number of hydrogen-bond donors (Lipinski definition) is 0. The molecule has 3 heterocycles. The summed E-state index contributed by atoms with van der Waals surface area (Å²) in [6, 6.07) is 15.9. The Morgan fingerprint density at radius 2 is 1.63 bits per heavy atom. The molecule has 0 bridgehead atoms. The molecule has 0 aliphatic heterocycles. The van der Waals surface area contributed by atoms with Gasteiger partial charge in [-0.15, -0.1) is 0 Å². The Hall–Kier alpha value is -3.59. The van der Waals surface area contributed by atoms with Gasteiger partial charge in [0.05, 0.1) is 11.1 Å². The summed E-state index contributed by atoms with van der Waals surface area (Å²) in [5.74, 6) is 6.50. The van der Waals surface area contributed by atoms with Crippen LogP contribution in [0.15, 0.2) is 73.1 Å². The van der Waals surface area contributed by atoms with Crippen LogP contribution in [0.25, 0.3) is 16.9 Å². The summed E-state index contributed by atoms with van der Waals surface area (Å²) in [5.41, 5.74) is 1.81. The predicted molar refractivity (Wildman–Crippen MR) is 95.8 cm³/mol. The first-order valence-electron chi connectivity index (χ1n) is 8.10. The lowest BCUT2D eigenvalue weighted by molar-refractivity contribution is -0.137. The van der Waals surface area contributed by atoms with Gasteiger partial charge in [-0.25, -0.2) is 9.97 Å². The minimum Gasteiger partial charge on any atom is -0.298 e. The van der Waals surface area contributed by atoms with Gasteiger partial charge in [0.15, 0.2) is 0 Å². The third-order valence-electron chi connectivity index (χ3n) is 3.99. The van der Waals surface area contributed by atoms with Crippen molar-refractivity contribution in [3.05, 3.63) is 90.0 Å². The molecule has 4 aromatic rings. The van der Waals surface area contributed by atoms with Gasteiger partial charge in [0.25, 0.3) is 0 Å². The molecular formula is C21H12F3N3. The molecule has 4 rings (SSSR count). The van der Waals surface area contributed by atoms with E-state index in [9.17, 15) is 13.2 Å². The molecule has 0 unspecified atom stereocenters. The largest absolute Gasteiger partial charge is 0.416 e. The zero-order valence-corrected chi connectivity index (χ0v) is 13.9. The number of pyridine rings is 2. The molecule has 0 aliphatic carbocycles. The SMILES string of the molecule is FC(F)(F)c1ccc(-c2nc(C#Cc3ccccn3)c3ccccn23)cc1. The van der Waals surface area contributed by atoms with Crippen LogP contribution >= 0.6 is 0 Å². The summed E-state index contributed by atoms with van der Waals surface area (Å²) in [6.45, 7) is 0. The van der Waals surface area contributed by atoms with Gasteiger partial charge >= 0.3 is 6.18 Å². The van der Waals surface area contributed by atoms with Crippen LogP contribution in [-0.2, 0) is 6.18 Å². The third-order valence-corrected chi connectivity index (χ3v) is 3.99. The van der Waals surface area contributed by atoms with Crippen LogP contribution in [0.2, 0.25) is 0 Å². The van der Waals surface area contributed by atoms with E-state index in [0.717, 1.165) is 17.6 Å². The van der Waals surface area contributed by atoms with Gasteiger partial charge in [-0.2, -0.15) is 13.2 Å². The molecule has 1 aromatic carbocycles. The number of hydrogen-bond acceptors (Lipinski definition) is 2. The highest BCUT2D eigenvalue weighted by Gasteiger charge is 2.30. The molecule has 0 N–H and O–H groups in total. The zero-order chi connectivity index (χ0) is 18.9. The summed E-state index contributed by atoms with van der Waals surface area (Å²) in [5, 5.41) is 0. The Balaban J connectivity index is 1.80. The minimum atomic E-state index is -4.37. The van der Waals surface area contributed by atoms with Crippen molar-refractivity contribution in [1.29, 1.82) is 0 Å². The van der Waals surface area contributed by atoms with Crippen molar-refractivity contribution >= 4 is 5.52 Å². The average molecular weight is 363 g/mol. The van der Waals surface area contributed by atoms with Gasteiger partial charge in [-0.05, 0) is 48.2 Å². The molecule has 27 heavy (non-hydrogen) atoms. The molecule has 0 radical (unpaired) electrons. The summed E-state index contributed by atoms with van der Waals surface area (Å²) < 4.78 is 40.2. The van der Waals surface area contributed by atoms with Crippen molar-refractivity contribution in [2.24, 2.45) is 0 Å². The molecule has 0 atom stereocenters. The fourth-order valence-electron chi connectivity index (χ4n) is 2.70. The maximum absolute atomic E-state index is 12.8.